The second-order valence-electron chi connectivity index (χ2n) is 2.36. The average molecular weight is 164 g/mol. The fourth-order valence-corrected chi connectivity index (χ4v) is 0.818. The van der Waals surface area contributed by atoms with Crippen LogP contribution in [0.4, 0.5) is 10.5 Å². The van der Waals surface area contributed by atoms with Gasteiger partial charge in [0.2, 0.25) is 0 Å². The number of methoxy groups -OCH3 is 1. The molecule has 0 unspecified atom stereocenters. The standard InChI is InChI=1S/C9H10NO2/c1-7-4-3-5-8(6-7)10-9(11)12-2/h3-5H,1-2H3,(H,10,11). The van der Waals surface area contributed by atoms with E-state index in [-0.39, 0.29) is 0 Å². The molecule has 1 aromatic rings. The van der Waals surface area contributed by atoms with Crippen LogP contribution in [0.3, 0.4) is 0 Å². The molecule has 1 rings (SSSR count). The molecule has 1 aromatic carbocycles. The predicted molar refractivity (Wildman–Crippen MR) is 46.0 cm³/mol. The normalized spacial score (nSPS) is 9.17. The molecule has 63 valence electrons. The van der Waals surface area contributed by atoms with E-state index in [0.29, 0.717) is 5.69 Å². The lowest BCUT2D eigenvalue weighted by atomic mass is 10.2. The first-order chi connectivity index (χ1) is 5.72. The molecule has 0 bridgehead atoms. The van der Waals surface area contributed by atoms with Crippen molar-refractivity contribution < 1.29 is 9.53 Å². The van der Waals surface area contributed by atoms with Crippen molar-refractivity contribution in [2.24, 2.45) is 0 Å². The third kappa shape index (κ3) is 2.27. The highest BCUT2D eigenvalue weighted by Crippen LogP contribution is 2.08. The molecule has 0 saturated carbocycles. The van der Waals surface area contributed by atoms with E-state index >= 15 is 0 Å². The Labute approximate surface area is 71.4 Å². The molecule has 0 aromatic heterocycles. The van der Waals surface area contributed by atoms with E-state index in [1.807, 2.05) is 19.1 Å². The first-order valence-electron chi connectivity index (χ1n) is 3.56. The first kappa shape index (κ1) is 8.59. The number of hydrogen-bond acceptors (Lipinski definition) is 2. The number of rotatable bonds is 1. The zero-order valence-electron chi connectivity index (χ0n) is 7.05. The van der Waals surface area contributed by atoms with Crippen LogP contribution in [0.5, 0.6) is 0 Å². The van der Waals surface area contributed by atoms with Gasteiger partial charge in [-0.05, 0) is 18.6 Å². The van der Waals surface area contributed by atoms with E-state index < -0.39 is 6.09 Å². The van der Waals surface area contributed by atoms with Gasteiger partial charge in [0.1, 0.15) is 0 Å². The van der Waals surface area contributed by atoms with Crippen molar-refractivity contribution in [3.05, 3.63) is 29.8 Å². The van der Waals surface area contributed by atoms with Gasteiger partial charge in [-0.3, -0.25) is 5.32 Å². The summed E-state index contributed by atoms with van der Waals surface area (Å²) >= 11 is 0. The summed E-state index contributed by atoms with van der Waals surface area (Å²) in [6, 6.07) is 8.46. The van der Waals surface area contributed by atoms with Gasteiger partial charge in [0.05, 0.1) is 12.8 Å². The minimum absolute atomic E-state index is 0.475. The second-order valence-corrected chi connectivity index (χ2v) is 2.36. The minimum Gasteiger partial charge on any atom is -0.453 e. The Morgan fingerprint density at radius 3 is 2.92 bits per heavy atom. The molecule has 3 heteroatoms. The highest BCUT2D eigenvalue weighted by Gasteiger charge is 1.99. The Bertz CT molecular complexity index is 284. The van der Waals surface area contributed by atoms with Crippen molar-refractivity contribution in [2.45, 2.75) is 6.92 Å². The van der Waals surface area contributed by atoms with Gasteiger partial charge in [0, 0.05) is 6.07 Å². The molecule has 0 saturated heterocycles. The van der Waals surface area contributed by atoms with Crippen molar-refractivity contribution in [3.8, 4) is 0 Å². The third-order valence-corrected chi connectivity index (χ3v) is 1.36. The Kier molecular flexibility index (Phi) is 2.69. The number of aryl methyl sites for hydroxylation is 1. The highest BCUT2D eigenvalue weighted by atomic mass is 16.5. The van der Waals surface area contributed by atoms with E-state index in [9.17, 15) is 4.79 Å². The molecule has 0 aliphatic heterocycles. The van der Waals surface area contributed by atoms with Gasteiger partial charge in [0.15, 0.2) is 0 Å². The fourth-order valence-electron chi connectivity index (χ4n) is 0.818. The van der Waals surface area contributed by atoms with Crippen molar-refractivity contribution in [2.75, 3.05) is 12.4 Å². The SMILES string of the molecule is COC(=O)Nc1[c]c(C)ccc1. The molecule has 0 spiro atoms. The van der Waals surface area contributed by atoms with Crippen LogP contribution in [-0.2, 0) is 4.74 Å². The Hall–Kier alpha value is -1.51. The molecule has 0 heterocycles. The molecule has 0 aliphatic carbocycles. The molecule has 1 amide bonds. The van der Waals surface area contributed by atoms with Gasteiger partial charge in [-0.1, -0.05) is 12.1 Å². The van der Waals surface area contributed by atoms with Gasteiger partial charge in [0.25, 0.3) is 0 Å². The van der Waals surface area contributed by atoms with Gasteiger partial charge >= 0.3 is 6.09 Å². The van der Waals surface area contributed by atoms with Crippen molar-refractivity contribution >= 4 is 11.8 Å². The molecule has 12 heavy (non-hydrogen) atoms. The number of nitrogens with one attached hydrogen (secondary N) is 1. The summed E-state index contributed by atoms with van der Waals surface area (Å²) < 4.78 is 4.42. The monoisotopic (exact) mass is 164 g/mol. The van der Waals surface area contributed by atoms with Crippen LogP contribution in [-0.4, -0.2) is 13.2 Å². The van der Waals surface area contributed by atoms with Crippen LogP contribution in [0.15, 0.2) is 18.2 Å². The van der Waals surface area contributed by atoms with Gasteiger partial charge < -0.3 is 4.74 Å². The third-order valence-electron chi connectivity index (χ3n) is 1.36. The van der Waals surface area contributed by atoms with E-state index in [0.717, 1.165) is 5.56 Å². The van der Waals surface area contributed by atoms with E-state index in [2.05, 4.69) is 16.1 Å². The van der Waals surface area contributed by atoms with E-state index in [1.165, 1.54) is 7.11 Å². The van der Waals surface area contributed by atoms with Gasteiger partial charge in [-0.25, -0.2) is 4.79 Å². The number of amides is 1. The van der Waals surface area contributed by atoms with Crippen molar-refractivity contribution in [1.82, 2.24) is 0 Å². The second kappa shape index (κ2) is 3.76. The Morgan fingerprint density at radius 1 is 1.58 bits per heavy atom. The predicted octanol–water partition coefficient (Wildman–Crippen LogP) is 1.97. The quantitative estimate of drug-likeness (QED) is 0.689. The summed E-state index contributed by atoms with van der Waals surface area (Å²) in [4.78, 5) is 10.7. The van der Waals surface area contributed by atoms with Crippen LogP contribution in [0.25, 0.3) is 0 Å². The fraction of sp³-hybridized carbons (Fsp3) is 0.222. The molecular weight excluding hydrogens is 154 g/mol. The molecule has 1 N–H and O–H groups in total. The molecule has 0 aliphatic rings. The van der Waals surface area contributed by atoms with Gasteiger partial charge in [-0.15, -0.1) is 0 Å². The van der Waals surface area contributed by atoms with Crippen LogP contribution in [0.1, 0.15) is 5.56 Å². The number of carbonyl (C=O) groups is 1. The van der Waals surface area contributed by atoms with Crippen LogP contribution in [0.2, 0.25) is 0 Å². The minimum atomic E-state index is -0.475. The summed E-state index contributed by atoms with van der Waals surface area (Å²) in [6.07, 6.45) is -0.475. The lowest BCUT2D eigenvalue weighted by Crippen LogP contribution is -2.10. The van der Waals surface area contributed by atoms with Crippen molar-refractivity contribution in [1.29, 1.82) is 0 Å². The average Bonchev–Trinajstić information content (AvgIpc) is 2.04. The smallest absolute Gasteiger partial charge is 0.411 e. The maximum atomic E-state index is 10.7. The zero-order chi connectivity index (χ0) is 8.97. The molecule has 1 radical (unpaired) electrons. The highest BCUT2D eigenvalue weighted by molar-refractivity contribution is 5.84. The lowest BCUT2D eigenvalue weighted by molar-refractivity contribution is 0.187. The van der Waals surface area contributed by atoms with E-state index in [4.69, 9.17) is 0 Å². The summed E-state index contributed by atoms with van der Waals surface area (Å²) in [5, 5.41) is 2.52. The summed E-state index contributed by atoms with van der Waals surface area (Å²) in [5.74, 6) is 0. The zero-order valence-corrected chi connectivity index (χ0v) is 7.05. The van der Waals surface area contributed by atoms with Crippen molar-refractivity contribution in [3.63, 3.8) is 0 Å². The lowest BCUT2D eigenvalue weighted by Gasteiger charge is -2.02. The number of ether oxygens (including phenoxy) is 1. The number of anilines is 1. The maximum absolute atomic E-state index is 10.7. The van der Waals surface area contributed by atoms with Crippen LogP contribution in [0, 0.1) is 13.0 Å². The molecule has 0 atom stereocenters. The summed E-state index contributed by atoms with van der Waals surface area (Å²) in [7, 11) is 1.32. The van der Waals surface area contributed by atoms with Gasteiger partial charge in [-0.2, -0.15) is 0 Å². The molecule has 0 fully saturated rings. The Morgan fingerprint density at radius 2 is 2.33 bits per heavy atom. The van der Waals surface area contributed by atoms with Crippen LogP contribution < -0.4 is 5.32 Å². The van der Waals surface area contributed by atoms with Crippen LogP contribution >= 0.6 is 0 Å². The molecule has 3 nitrogen and oxygen atoms in total. The number of carbonyl (C=O) groups excluding carboxylic acids is 1. The molecular formula is C9H10NO2. The summed E-state index contributed by atoms with van der Waals surface area (Å²) in [6.45, 7) is 1.91. The number of hydrogen-bond donors (Lipinski definition) is 1. The maximum Gasteiger partial charge on any atom is 0.411 e. The number of benzene rings is 1. The largest absolute Gasteiger partial charge is 0.453 e. The summed E-state index contributed by atoms with van der Waals surface area (Å²) in [5.41, 5.74) is 1.60. The first-order valence-corrected chi connectivity index (χ1v) is 3.56. The van der Waals surface area contributed by atoms with E-state index in [1.54, 1.807) is 6.07 Å². The topological polar surface area (TPSA) is 38.3 Å². The Balaban J connectivity index is 2.69.